The molecule has 0 atom stereocenters. The van der Waals surface area contributed by atoms with Gasteiger partial charge in [0.15, 0.2) is 0 Å². The number of fused-ring (bicyclic) bond motifs is 1. The molecule has 0 amide bonds. The molecule has 0 bridgehead atoms. The predicted octanol–water partition coefficient (Wildman–Crippen LogP) is 4.77. The zero-order chi connectivity index (χ0) is 23.5. The van der Waals surface area contributed by atoms with Gasteiger partial charge in [-0.05, 0) is 43.3 Å². The van der Waals surface area contributed by atoms with E-state index in [-0.39, 0.29) is 30.8 Å². The van der Waals surface area contributed by atoms with E-state index in [1.165, 1.54) is 13.2 Å². The fourth-order valence-electron chi connectivity index (χ4n) is 4.50. The van der Waals surface area contributed by atoms with Crippen molar-refractivity contribution in [2.45, 2.75) is 36.4 Å². The van der Waals surface area contributed by atoms with Gasteiger partial charge in [-0.1, -0.05) is 22.0 Å². The molecule has 0 radical (unpaired) electrons. The molecule has 32 heavy (non-hydrogen) atoms. The highest BCUT2D eigenvalue weighted by atomic mass is 79.9. The molecule has 0 saturated heterocycles. The summed E-state index contributed by atoms with van der Waals surface area (Å²) in [7, 11) is -3.09. The molecule has 2 aromatic rings. The summed E-state index contributed by atoms with van der Waals surface area (Å²) in [6.07, 6.45) is -4.28. The van der Waals surface area contributed by atoms with Crippen LogP contribution in [0.15, 0.2) is 51.8 Å². The quantitative estimate of drug-likeness (QED) is 0.531. The number of hydrogen-bond acceptors (Lipinski definition) is 5. The Labute approximate surface area is 191 Å². The second-order valence-corrected chi connectivity index (χ2v) is 11.1. The number of carbonyl (C=O) groups is 1. The van der Waals surface area contributed by atoms with Gasteiger partial charge >= 0.3 is 12.1 Å². The van der Waals surface area contributed by atoms with Crippen LogP contribution in [0.5, 0.6) is 5.75 Å². The molecule has 1 saturated carbocycles. The van der Waals surface area contributed by atoms with Crippen molar-refractivity contribution in [2.75, 3.05) is 18.0 Å². The molecule has 1 heterocycles. The first-order chi connectivity index (χ1) is 14.8. The normalized spacial score (nSPS) is 25.0. The van der Waals surface area contributed by atoms with Gasteiger partial charge in [-0.25, -0.2) is 8.42 Å². The van der Waals surface area contributed by atoms with Crippen molar-refractivity contribution in [1.29, 1.82) is 0 Å². The second-order valence-electron chi connectivity index (χ2n) is 8.34. The molecular formula is C21H19BrF3NO5S. The summed E-state index contributed by atoms with van der Waals surface area (Å²) in [4.78, 5) is 11.7. The van der Waals surface area contributed by atoms with Crippen LogP contribution in [0.1, 0.15) is 25.3 Å². The maximum absolute atomic E-state index is 13.5. The molecule has 2 aromatic carbocycles. The van der Waals surface area contributed by atoms with Crippen molar-refractivity contribution < 1.29 is 35.9 Å². The summed E-state index contributed by atoms with van der Waals surface area (Å²) in [6, 6.07) is 8.42. The van der Waals surface area contributed by atoms with E-state index in [0.29, 0.717) is 10.5 Å². The largest absolute Gasteiger partial charge is 0.483 e. The molecule has 0 N–H and O–H groups in total. The molecule has 172 valence electrons. The van der Waals surface area contributed by atoms with Crippen molar-refractivity contribution in [3.63, 3.8) is 0 Å². The number of alkyl halides is 3. The summed E-state index contributed by atoms with van der Waals surface area (Å²) in [5, 5.41) is 0. The molecule has 2 aliphatic rings. The summed E-state index contributed by atoms with van der Waals surface area (Å²) in [5.41, 5.74) is -2.70. The number of hydrogen-bond donors (Lipinski definition) is 0. The van der Waals surface area contributed by atoms with Gasteiger partial charge in [-0.3, -0.25) is 9.10 Å². The first-order valence-corrected chi connectivity index (χ1v) is 11.8. The highest BCUT2D eigenvalue weighted by Gasteiger charge is 2.61. The molecule has 0 unspecified atom stereocenters. The lowest BCUT2D eigenvalue weighted by Gasteiger charge is -2.55. The van der Waals surface area contributed by atoms with Gasteiger partial charge in [0.1, 0.15) is 11.4 Å². The smallest absolute Gasteiger partial charge is 0.416 e. The fraction of sp³-hybridized carbons (Fsp3) is 0.381. The minimum absolute atomic E-state index is 0.151. The third-order valence-electron chi connectivity index (χ3n) is 5.80. The van der Waals surface area contributed by atoms with Crippen molar-refractivity contribution in [3.05, 3.63) is 52.5 Å². The Balaban J connectivity index is 1.78. The average Bonchev–Trinajstić information content (AvgIpc) is 2.71. The lowest BCUT2D eigenvalue weighted by Crippen LogP contribution is -2.65. The summed E-state index contributed by atoms with van der Waals surface area (Å²) >= 11 is 3.30. The Kier molecular flexibility index (Phi) is 5.28. The minimum Gasteiger partial charge on any atom is -0.483 e. The number of esters is 1. The van der Waals surface area contributed by atoms with Gasteiger partial charge in [-0.2, -0.15) is 13.2 Å². The second kappa shape index (κ2) is 7.38. The first-order valence-electron chi connectivity index (χ1n) is 9.57. The van der Waals surface area contributed by atoms with Crippen LogP contribution in [-0.2, 0) is 25.7 Å². The van der Waals surface area contributed by atoms with Crippen LogP contribution in [0.4, 0.5) is 18.9 Å². The van der Waals surface area contributed by atoms with Gasteiger partial charge in [0.25, 0.3) is 10.0 Å². The van der Waals surface area contributed by atoms with E-state index in [2.05, 4.69) is 15.9 Å². The van der Waals surface area contributed by atoms with E-state index in [4.69, 9.17) is 9.47 Å². The zero-order valence-electron chi connectivity index (χ0n) is 17.1. The van der Waals surface area contributed by atoms with Crippen LogP contribution in [0.25, 0.3) is 0 Å². The predicted molar refractivity (Wildman–Crippen MR) is 113 cm³/mol. The molecule has 1 aliphatic heterocycles. The standard InChI is InChI=1S/C21H19BrF3NO5S/c1-19(18(27)30-2)10-20(11-19)12-26(16-9-14(22)6-7-17(16)31-20)32(28,29)15-5-3-4-13(8-15)21(23,24)25/h3-9H,10-12H2,1-2H3. The van der Waals surface area contributed by atoms with Gasteiger partial charge in [0.05, 0.1) is 35.2 Å². The van der Waals surface area contributed by atoms with Gasteiger partial charge in [0.2, 0.25) is 0 Å². The Bertz CT molecular complexity index is 1190. The first kappa shape index (κ1) is 22.9. The monoisotopic (exact) mass is 533 g/mol. The topological polar surface area (TPSA) is 72.9 Å². The van der Waals surface area contributed by atoms with E-state index in [9.17, 15) is 26.4 Å². The Morgan fingerprint density at radius 1 is 1.19 bits per heavy atom. The van der Waals surface area contributed by atoms with E-state index in [0.717, 1.165) is 22.5 Å². The van der Waals surface area contributed by atoms with Crippen LogP contribution in [0.2, 0.25) is 0 Å². The Morgan fingerprint density at radius 2 is 1.88 bits per heavy atom. The fourth-order valence-corrected chi connectivity index (χ4v) is 6.44. The van der Waals surface area contributed by atoms with Crippen molar-refractivity contribution in [1.82, 2.24) is 0 Å². The number of methoxy groups -OCH3 is 1. The number of sulfonamides is 1. The van der Waals surface area contributed by atoms with Crippen LogP contribution in [0, 0.1) is 5.41 Å². The lowest BCUT2D eigenvalue weighted by atomic mass is 9.59. The number of benzene rings is 2. The van der Waals surface area contributed by atoms with Gasteiger partial charge in [0, 0.05) is 17.3 Å². The highest BCUT2D eigenvalue weighted by Crippen LogP contribution is 2.56. The molecular weight excluding hydrogens is 515 g/mol. The molecule has 1 aliphatic carbocycles. The third kappa shape index (κ3) is 3.75. The molecule has 11 heteroatoms. The molecule has 1 fully saturated rings. The average molecular weight is 534 g/mol. The summed E-state index contributed by atoms with van der Waals surface area (Å²) in [5.74, 6) is -0.164. The van der Waals surface area contributed by atoms with E-state index in [1.807, 2.05) is 0 Å². The number of carbonyl (C=O) groups excluding carboxylic acids is 1. The van der Waals surface area contributed by atoms with Crippen LogP contribution in [0.3, 0.4) is 0 Å². The number of halogens is 4. The molecule has 6 nitrogen and oxygen atoms in total. The number of ether oxygens (including phenoxy) is 2. The summed E-state index contributed by atoms with van der Waals surface area (Å²) in [6.45, 7) is 1.55. The van der Waals surface area contributed by atoms with Gasteiger partial charge < -0.3 is 9.47 Å². The maximum Gasteiger partial charge on any atom is 0.416 e. The van der Waals surface area contributed by atoms with Crippen LogP contribution >= 0.6 is 15.9 Å². The minimum atomic E-state index is -4.69. The molecule has 4 rings (SSSR count). The van der Waals surface area contributed by atoms with E-state index >= 15 is 0 Å². The van der Waals surface area contributed by atoms with Crippen molar-refractivity contribution in [3.8, 4) is 5.75 Å². The van der Waals surface area contributed by atoms with Gasteiger partial charge in [-0.15, -0.1) is 0 Å². The van der Waals surface area contributed by atoms with E-state index in [1.54, 1.807) is 19.1 Å². The number of nitrogens with zero attached hydrogens (tertiary/aromatic N) is 1. The van der Waals surface area contributed by atoms with Crippen molar-refractivity contribution >= 4 is 37.6 Å². The SMILES string of the molecule is COC(=O)C1(C)CC2(CN(S(=O)(=O)c3cccc(C(F)(F)F)c3)c3cc(Br)ccc3O2)C1. The Morgan fingerprint density at radius 3 is 2.50 bits per heavy atom. The summed E-state index contributed by atoms with van der Waals surface area (Å²) < 4.78 is 79.2. The molecule has 1 spiro atoms. The van der Waals surface area contributed by atoms with Crippen LogP contribution in [-0.4, -0.2) is 33.6 Å². The Hall–Kier alpha value is -2.27. The zero-order valence-corrected chi connectivity index (χ0v) is 19.5. The number of anilines is 1. The van der Waals surface area contributed by atoms with Crippen LogP contribution < -0.4 is 9.04 Å². The highest BCUT2D eigenvalue weighted by molar-refractivity contribution is 9.10. The maximum atomic E-state index is 13.5. The van der Waals surface area contributed by atoms with E-state index < -0.39 is 43.6 Å². The third-order valence-corrected chi connectivity index (χ3v) is 8.05. The lowest BCUT2D eigenvalue weighted by molar-refractivity contribution is -0.174. The molecule has 0 aromatic heterocycles. The number of rotatable bonds is 3. The van der Waals surface area contributed by atoms with Crippen molar-refractivity contribution in [2.24, 2.45) is 5.41 Å².